The smallest absolute Gasteiger partial charge is 0.414 e. The van der Waals surface area contributed by atoms with Crippen molar-refractivity contribution in [3.05, 3.63) is 58.2 Å². The Bertz CT molecular complexity index is 1480. The van der Waals surface area contributed by atoms with Gasteiger partial charge in [0, 0.05) is 32.0 Å². The van der Waals surface area contributed by atoms with Crippen LogP contribution in [0.15, 0.2) is 47.0 Å². The van der Waals surface area contributed by atoms with Crippen molar-refractivity contribution in [1.82, 2.24) is 15.1 Å². The lowest BCUT2D eigenvalue weighted by Crippen LogP contribution is -2.56. The van der Waals surface area contributed by atoms with Gasteiger partial charge in [-0.1, -0.05) is 24.6 Å². The molecule has 2 N–H and O–H groups in total. The predicted octanol–water partition coefficient (Wildman–Crippen LogP) is 5.77. The largest absolute Gasteiger partial charge is 0.478 e. The van der Waals surface area contributed by atoms with Gasteiger partial charge in [-0.2, -0.15) is 0 Å². The summed E-state index contributed by atoms with van der Waals surface area (Å²) in [4.78, 5) is 59.3. The first-order valence-electron chi connectivity index (χ1n) is 13.9. The Morgan fingerprint density at radius 3 is 2.45 bits per heavy atom. The fraction of sp³-hybridized carbons (Fsp3) is 0.500. The van der Waals surface area contributed by atoms with Crippen LogP contribution in [-0.4, -0.2) is 76.8 Å². The van der Waals surface area contributed by atoms with Crippen LogP contribution in [-0.2, 0) is 14.3 Å². The van der Waals surface area contributed by atoms with E-state index in [0.717, 1.165) is 22.0 Å². The van der Waals surface area contributed by atoms with E-state index < -0.39 is 70.8 Å². The summed E-state index contributed by atoms with van der Waals surface area (Å²) in [5.41, 5.74) is -4.32. The number of aromatic carboxylic acids is 1. The molecule has 3 aliphatic rings. The van der Waals surface area contributed by atoms with Crippen LogP contribution in [0.25, 0.3) is 0 Å². The minimum absolute atomic E-state index is 0.0799. The number of halogens is 3. The summed E-state index contributed by atoms with van der Waals surface area (Å²) in [6, 6.07) is 2.73. The highest BCUT2D eigenvalue weighted by atomic mass is 35.5. The summed E-state index contributed by atoms with van der Waals surface area (Å²) in [5.74, 6) is -4.47. The zero-order valence-electron chi connectivity index (χ0n) is 25.2. The molecule has 1 saturated carbocycles. The van der Waals surface area contributed by atoms with Gasteiger partial charge in [0.05, 0.1) is 16.6 Å². The zero-order chi connectivity index (χ0) is 32.8. The van der Waals surface area contributed by atoms with E-state index in [-0.39, 0.29) is 28.5 Å². The van der Waals surface area contributed by atoms with E-state index in [1.165, 1.54) is 39.2 Å². The van der Waals surface area contributed by atoms with Crippen LogP contribution in [0.4, 0.5) is 18.4 Å². The number of carbonyl (C=O) groups excluding carboxylic acids is 3. The summed E-state index contributed by atoms with van der Waals surface area (Å²) >= 11 is 6.12. The molecule has 3 atom stereocenters. The molecule has 11 nitrogen and oxygen atoms in total. The first-order valence-corrected chi connectivity index (χ1v) is 14.3. The minimum atomic E-state index is -1.77. The Morgan fingerprint density at radius 2 is 1.91 bits per heavy atom. The van der Waals surface area contributed by atoms with E-state index in [4.69, 9.17) is 26.1 Å². The maximum absolute atomic E-state index is 14.8. The highest BCUT2D eigenvalue weighted by molar-refractivity contribution is 6.33. The highest BCUT2D eigenvalue weighted by Crippen LogP contribution is 2.59. The van der Waals surface area contributed by atoms with Gasteiger partial charge in [-0.25, -0.2) is 28.2 Å². The molecule has 2 aliphatic carbocycles. The van der Waals surface area contributed by atoms with Gasteiger partial charge in [0.2, 0.25) is 5.96 Å². The van der Waals surface area contributed by atoms with Crippen LogP contribution in [0.5, 0.6) is 0 Å². The number of allylic oxidation sites excluding steroid dienone is 3. The maximum atomic E-state index is 14.8. The average molecular weight is 637 g/mol. The molecule has 1 fully saturated rings. The van der Waals surface area contributed by atoms with E-state index in [0.29, 0.717) is 12.8 Å². The second-order valence-electron chi connectivity index (χ2n) is 12.5. The molecular formula is C30H35ClF2N4O7. The lowest BCUT2D eigenvalue weighted by atomic mass is 9.64. The van der Waals surface area contributed by atoms with Gasteiger partial charge in [0.1, 0.15) is 23.9 Å². The molecule has 14 heteroatoms. The molecule has 4 rings (SSSR count). The lowest BCUT2D eigenvalue weighted by molar-refractivity contribution is -0.138. The third-order valence-corrected chi connectivity index (χ3v) is 7.97. The van der Waals surface area contributed by atoms with Crippen molar-refractivity contribution < 1.29 is 42.5 Å². The normalized spacial score (nSPS) is 24.2. The van der Waals surface area contributed by atoms with Crippen molar-refractivity contribution >= 4 is 41.6 Å². The number of rotatable bonds is 7. The van der Waals surface area contributed by atoms with Gasteiger partial charge in [0.25, 0.3) is 5.91 Å². The molecule has 0 radical (unpaired) electrons. The van der Waals surface area contributed by atoms with Crippen LogP contribution in [0.3, 0.4) is 0 Å². The molecule has 0 spiro atoms. The van der Waals surface area contributed by atoms with Crippen molar-refractivity contribution in [3.63, 3.8) is 0 Å². The number of carbonyl (C=O) groups is 4. The first kappa shape index (κ1) is 32.9. The van der Waals surface area contributed by atoms with Crippen molar-refractivity contribution in [2.24, 2.45) is 16.3 Å². The van der Waals surface area contributed by atoms with Gasteiger partial charge in [-0.05, 0) is 63.3 Å². The second-order valence-corrected chi connectivity index (χ2v) is 12.9. The number of ether oxygens (including phenoxy) is 2. The van der Waals surface area contributed by atoms with Gasteiger partial charge in [-0.3, -0.25) is 15.0 Å². The number of aliphatic imine (C=N–C) groups is 1. The van der Waals surface area contributed by atoms with E-state index in [2.05, 4.69) is 5.32 Å². The van der Waals surface area contributed by atoms with Crippen molar-refractivity contribution in [2.75, 3.05) is 20.7 Å². The van der Waals surface area contributed by atoms with Crippen LogP contribution in [0.2, 0.25) is 5.02 Å². The molecule has 44 heavy (non-hydrogen) atoms. The Hall–Kier alpha value is -4.00. The van der Waals surface area contributed by atoms with Gasteiger partial charge in [-0.15, -0.1) is 0 Å². The van der Waals surface area contributed by atoms with Crippen molar-refractivity contribution in [2.45, 2.75) is 64.1 Å². The molecule has 1 aromatic carbocycles. The minimum Gasteiger partial charge on any atom is -0.478 e. The number of carboxylic acid groups (broad SMARTS) is 1. The third kappa shape index (κ3) is 6.42. The fourth-order valence-electron chi connectivity index (χ4n) is 5.63. The molecule has 1 aliphatic heterocycles. The molecule has 1 unspecified atom stereocenters. The number of hydrogen-bond donors (Lipinski definition) is 2. The van der Waals surface area contributed by atoms with E-state index >= 15 is 0 Å². The number of benzene rings is 1. The molecular weight excluding hydrogens is 602 g/mol. The van der Waals surface area contributed by atoms with E-state index in [9.17, 15) is 33.1 Å². The van der Waals surface area contributed by atoms with Crippen molar-refractivity contribution in [1.29, 1.82) is 0 Å². The van der Waals surface area contributed by atoms with Gasteiger partial charge in [0.15, 0.2) is 5.54 Å². The Labute approximate surface area is 258 Å². The number of carboxylic acids is 1. The SMILES string of the molecule is CN(C)C(=O)OC[C@H](c1ccc(Cl)c(C(=O)O)c1)N1C(=O)[C@@](C2CC2)(C2(C)C=C(F)C=C(F)C2)N=C1NC(=O)OC(C)(C)C. The Kier molecular flexibility index (Phi) is 8.85. The molecule has 238 valence electrons. The fourth-order valence-corrected chi connectivity index (χ4v) is 5.83. The van der Waals surface area contributed by atoms with Crippen LogP contribution in [0, 0.1) is 11.3 Å². The lowest BCUT2D eigenvalue weighted by Gasteiger charge is -2.43. The number of hydrogen-bond acceptors (Lipinski definition) is 7. The van der Waals surface area contributed by atoms with E-state index in [1.807, 2.05) is 0 Å². The Morgan fingerprint density at radius 1 is 1.25 bits per heavy atom. The van der Waals surface area contributed by atoms with Crippen molar-refractivity contribution in [3.8, 4) is 0 Å². The maximum Gasteiger partial charge on any atom is 0.414 e. The third-order valence-electron chi connectivity index (χ3n) is 7.64. The number of nitrogens with one attached hydrogen (secondary N) is 1. The van der Waals surface area contributed by atoms with Crippen LogP contribution < -0.4 is 5.32 Å². The van der Waals surface area contributed by atoms with Gasteiger partial charge >= 0.3 is 18.2 Å². The average Bonchev–Trinajstić information content (AvgIpc) is 3.68. The first-order chi connectivity index (χ1) is 20.4. The Balaban J connectivity index is 1.91. The molecule has 0 saturated heterocycles. The highest BCUT2D eigenvalue weighted by Gasteiger charge is 2.67. The molecule has 0 aromatic heterocycles. The summed E-state index contributed by atoms with van der Waals surface area (Å²) < 4.78 is 40.5. The number of guanidine groups is 1. The predicted molar refractivity (Wildman–Crippen MR) is 156 cm³/mol. The monoisotopic (exact) mass is 636 g/mol. The van der Waals surface area contributed by atoms with Crippen LogP contribution in [0.1, 0.15) is 68.9 Å². The molecule has 0 bridgehead atoms. The molecule has 1 heterocycles. The van der Waals surface area contributed by atoms with E-state index in [1.54, 1.807) is 20.8 Å². The summed E-state index contributed by atoms with van der Waals surface area (Å²) in [5, 5.41) is 12.2. The number of alkyl carbamates (subject to hydrolysis) is 1. The summed E-state index contributed by atoms with van der Waals surface area (Å²) in [7, 11) is 2.90. The van der Waals surface area contributed by atoms with Crippen LogP contribution >= 0.6 is 11.6 Å². The molecule has 3 amide bonds. The number of nitrogens with zero attached hydrogens (tertiary/aromatic N) is 3. The van der Waals surface area contributed by atoms with Gasteiger partial charge < -0.3 is 19.5 Å². The quantitative estimate of drug-likeness (QED) is 0.388. The topological polar surface area (TPSA) is 138 Å². The summed E-state index contributed by atoms with van der Waals surface area (Å²) in [6.07, 6.45) is 0.868. The number of amides is 3. The second kappa shape index (κ2) is 11.8. The standard InChI is InChI=1S/C30H35ClF2N4O7/c1-28(2,3)44-26(41)34-25-35-30(17-8-9-17,29(4)13-18(32)12-19(33)14-29)24(40)37(25)22(15-43-27(42)36(5)6)16-7-10-21(31)20(11-16)23(38)39/h7,10-13,17,22H,8-9,14-15H2,1-6H3,(H,38,39)(H,34,35,41)/t22-,29?,30+/m1/s1. The molecule has 1 aromatic rings. The summed E-state index contributed by atoms with van der Waals surface area (Å²) in [6.45, 7) is 5.93. The zero-order valence-corrected chi connectivity index (χ0v) is 26.0.